The van der Waals surface area contributed by atoms with Gasteiger partial charge in [0.1, 0.15) is 6.10 Å². The quantitative estimate of drug-likeness (QED) is 0.553. The van der Waals surface area contributed by atoms with Crippen molar-refractivity contribution in [2.24, 2.45) is 0 Å². The smallest absolute Gasteiger partial charge is 0.156 e. The summed E-state index contributed by atoms with van der Waals surface area (Å²) in [4.78, 5) is 7.94. The second-order valence-corrected chi connectivity index (χ2v) is 2.84. The largest absolute Gasteiger partial charge is 0.385 e. The molecule has 0 amide bonds. The number of aliphatic hydroxyl groups excluding tert-OH is 1. The Balaban J connectivity index is 2.39. The SMILES string of the molecule is C=CCCCC(O)c1ncccn1. The Morgan fingerprint density at radius 2 is 2.15 bits per heavy atom. The predicted octanol–water partition coefficient (Wildman–Crippen LogP) is 1.87. The molecule has 1 aromatic heterocycles. The van der Waals surface area contributed by atoms with Crippen LogP contribution in [0.1, 0.15) is 31.2 Å². The van der Waals surface area contributed by atoms with Gasteiger partial charge in [0.05, 0.1) is 0 Å². The Kier molecular flexibility index (Phi) is 4.12. The maximum absolute atomic E-state index is 9.59. The van der Waals surface area contributed by atoms with Crippen LogP contribution < -0.4 is 0 Å². The van der Waals surface area contributed by atoms with Crippen LogP contribution in [0, 0.1) is 0 Å². The van der Waals surface area contributed by atoms with Crippen LogP contribution in [0.4, 0.5) is 0 Å². The van der Waals surface area contributed by atoms with E-state index in [9.17, 15) is 5.11 Å². The Bertz CT molecular complexity index is 248. The Hall–Kier alpha value is -1.22. The van der Waals surface area contributed by atoms with Gasteiger partial charge in [0.25, 0.3) is 0 Å². The van der Waals surface area contributed by atoms with Crippen molar-refractivity contribution in [2.75, 3.05) is 0 Å². The van der Waals surface area contributed by atoms with Crippen molar-refractivity contribution in [3.8, 4) is 0 Å². The highest BCUT2D eigenvalue weighted by Gasteiger charge is 2.08. The van der Waals surface area contributed by atoms with Gasteiger partial charge in [-0.1, -0.05) is 6.08 Å². The third-order valence-electron chi connectivity index (χ3n) is 1.77. The summed E-state index contributed by atoms with van der Waals surface area (Å²) in [6, 6.07) is 1.74. The van der Waals surface area contributed by atoms with Gasteiger partial charge in [-0.05, 0) is 25.3 Å². The molecule has 70 valence electrons. The fourth-order valence-electron chi connectivity index (χ4n) is 1.07. The lowest BCUT2D eigenvalue weighted by molar-refractivity contribution is 0.155. The minimum atomic E-state index is -0.541. The van der Waals surface area contributed by atoms with E-state index in [4.69, 9.17) is 0 Å². The predicted molar refractivity (Wildman–Crippen MR) is 51.0 cm³/mol. The number of aliphatic hydroxyl groups is 1. The van der Waals surface area contributed by atoms with Crippen molar-refractivity contribution >= 4 is 0 Å². The number of rotatable bonds is 5. The van der Waals surface area contributed by atoms with Crippen molar-refractivity contribution in [1.82, 2.24) is 9.97 Å². The van der Waals surface area contributed by atoms with Gasteiger partial charge < -0.3 is 5.11 Å². The second kappa shape index (κ2) is 5.43. The normalized spacial score (nSPS) is 12.4. The first-order chi connectivity index (χ1) is 6.34. The average Bonchev–Trinajstić information content (AvgIpc) is 2.19. The molecule has 0 aromatic carbocycles. The molecule has 0 aliphatic rings. The molecule has 0 fully saturated rings. The van der Waals surface area contributed by atoms with Crippen LogP contribution in [0.5, 0.6) is 0 Å². The summed E-state index contributed by atoms with van der Waals surface area (Å²) in [5, 5.41) is 9.59. The molecule has 0 aliphatic carbocycles. The monoisotopic (exact) mass is 178 g/mol. The molecule has 0 saturated heterocycles. The molecule has 0 bridgehead atoms. The van der Waals surface area contributed by atoms with Crippen LogP contribution in [0.2, 0.25) is 0 Å². The highest BCUT2D eigenvalue weighted by atomic mass is 16.3. The molecular formula is C10H14N2O. The Morgan fingerprint density at radius 1 is 1.46 bits per heavy atom. The number of allylic oxidation sites excluding steroid dienone is 1. The zero-order valence-corrected chi connectivity index (χ0v) is 7.56. The number of nitrogens with zero attached hydrogens (tertiary/aromatic N) is 2. The molecule has 1 N–H and O–H groups in total. The van der Waals surface area contributed by atoms with E-state index in [0.717, 1.165) is 12.8 Å². The van der Waals surface area contributed by atoms with E-state index in [1.165, 1.54) is 0 Å². The molecule has 0 spiro atoms. The first kappa shape index (κ1) is 9.86. The van der Waals surface area contributed by atoms with E-state index in [1.807, 2.05) is 6.08 Å². The molecule has 1 rings (SSSR count). The second-order valence-electron chi connectivity index (χ2n) is 2.84. The van der Waals surface area contributed by atoms with Crippen LogP contribution in [0.3, 0.4) is 0 Å². The molecule has 0 radical (unpaired) electrons. The van der Waals surface area contributed by atoms with E-state index >= 15 is 0 Å². The van der Waals surface area contributed by atoms with Crippen molar-refractivity contribution in [2.45, 2.75) is 25.4 Å². The van der Waals surface area contributed by atoms with Crippen LogP contribution in [0.15, 0.2) is 31.1 Å². The molecule has 0 aliphatic heterocycles. The number of aromatic nitrogens is 2. The molecule has 1 aromatic rings. The summed E-state index contributed by atoms with van der Waals surface area (Å²) in [7, 11) is 0. The van der Waals surface area contributed by atoms with Crippen LogP contribution in [0.25, 0.3) is 0 Å². The van der Waals surface area contributed by atoms with E-state index in [0.29, 0.717) is 12.2 Å². The van der Waals surface area contributed by atoms with Gasteiger partial charge in [-0.3, -0.25) is 0 Å². The summed E-state index contributed by atoms with van der Waals surface area (Å²) < 4.78 is 0. The lowest BCUT2D eigenvalue weighted by Crippen LogP contribution is -2.02. The van der Waals surface area contributed by atoms with E-state index in [-0.39, 0.29) is 0 Å². The molecule has 3 nitrogen and oxygen atoms in total. The zero-order valence-electron chi connectivity index (χ0n) is 7.56. The maximum Gasteiger partial charge on any atom is 0.156 e. The van der Waals surface area contributed by atoms with Crippen molar-refractivity contribution in [3.05, 3.63) is 36.9 Å². The first-order valence-corrected chi connectivity index (χ1v) is 4.40. The van der Waals surface area contributed by atoms with Crippen LogP contribution in [-0.2, 0) is 0 Å². The van der Waals surface area contributed by atoms with Crippen LogP contribution >= 0.6 is 0 Å². The van der Waals surface area contributed by atoms with E-state index < -0.39 is 6.10 Å². The fraction of sp³-hybridized carbons (Fsp3) is 0.400. The number of unbranched alkanes of at least 4 members (excludes halogenated alkanes) is 1. The fourth-order valence-corrected chi connectivity index (χ4v) is 1.07. The standard InChI is InChI=1S/C10H14N2O/c1-2-3-4-6-9(13)10-11-7-5-8-12-10/h2,5,7-9,13H,1,3-4,6H2. The number of hydrogen-bond acceptors (Lipinski definition) is 3. The Labute approximate surface area is 78.2 Å². The topological polar surface area (TPSA) is 46.0 Å². The first-order valence-electron chi connectivity index (χ1n) is 4.40. The minimum absolute atomic E-state index is 0.506. The Morgan fingerprint density at radius 3 is 2.77 bits per heavy atom. The molecule has 1 atom stereocenters. The summed E-state index contributed by atoms with van der Waals surface area (Å²) in [5.41, 5.74) is 0. The summed E-state index contributed by atoms with van der Waals surface area (Å²) in [6.45, 7) is 3.62. The molecule has 0 saturated carbocycles. The summed E-state index contributed by atoms with van der Waals surface area (Å²) in [6.07, 6.45) is 7.11. The summed E-state index contributed by atoms with van der Waals surface area (Å²) >= 11 is 0. The van der Waals surface area contributed by atoms with Gasteiger partial charge in [0.15, 0.2) is 5.82 Å². The van der Waals surface area contributed by atoms with Gasteiger partial charge in [-0.25, -0.2) is 9.97 Å². The molecule has 1 heterocycles. The highest BCUT2D eigenvalue weighted by Crippen LogP contribution is 2.14. The lowest BCUT2D eigenvalue weighted by atomic mass is 10.1. The van der Waals surface area contributed by atoms with E-state index in [2.05, 4.69) is 16.5 Å². The third kappa shape index (κ3) is 3.34. The van der Waals surface area contributed by atoms with Crippen molar-refractivity contribution in [3.63, 3.8) is 0 Å². The third-order valence-corrected chi connectivity index (χ3v) is 1.77. The minimum Gasteiger partial charge on any atom is -0.385 e. The van der Waals surface area contributed by atoms with Crippen molar-refractivity contribution < 1.29 is 5.11 Å². The molecule has 3 heteroatoms. The van der Waals surface area contributed by atoms with E-state index in [1.54, 1.807) is 18.5 Å². The van der Waals surface area contributed by atoms with Gasteiger partial charge in [-0.2, -0.15) is 0 Å². The number of hydrogen-bond donors (Lipinski definition) is 1. The zero-order chi connectivity index (χ0) is 9.52. The highest BCUT2D eigenvalue weighted by molar-refractivity contribution is 4.92. The molecule has 1 unspecified atom stereocenters. The average molecular weight is 178 g/mol. The van der Waals surface area contributed by atoms with Gasteiger partial charge in [0, 0.05) is 12.4 Å². The molecule has 13 heavy (non-hydrogen) atoms. The van der Waals surface area contributed by atoms with Crippen molar-refractivity contribution in [1.29, 1.82) is 0 Å². The molecular weight excluding hydrogens is 164 g/mol. The van der Waals surface area contributed by atoms with Gasteiger partial charge in [0.2, 0.25) is 0 Å². The lowest BCUT2D eigenvalue weighted by Gasteiger charge is -2.06. The van der Waals surface area contributed by atoms with Gasteiger partial charge in [-0.15, -0.1) is 6.58 Å². The van der Waals surface area contributed by atoms with Crippen LogP contribution in [-0.4, -0.2) is 15.1 Å². The summed E-state index contributed by atoms with van der Waals surface area (Å²) in [5.74, 6) is 0.506. The maximum atomic E-state index is 9.59. The van der Waals surface area contributed by atoms with Gasteiger partial charge >= 0.3 is 0 Å².